The van der Waals surface area contributed by atoms with Crippen molar-refractivity contribution in [2.45, 2.75) is 19.4 Å². The monoisotopic (exact) mass is 271 g/mol. The minimum Gasteiger partial charge on any atom is -0.469 e. The molecule has 0 atom stereocenters. The molecule has 6 nitrogen and oxygen atoms in total. The van der Waals surface area contributed by atoms with E-state index in [0.29, 0.717) is 5.13 Å². The Bertz CT molecular complexity index is 417. The van der Waals surface area contributed by atoms with E-state index in [1.165, 1.54) is 18.4 Å². The predicted molar refractivity (Wildman–Crippen MR) is 69.4 cm³/mol. The Morgan fingerprint density at radius 1 is 1.44 bits per heavy atom. The molecule has 1 aromatic heterocycles. The number of amides is 1. The number of methoxy groups -OCH3 is 1. The number of ether oxygens (including phenoxy) is 1. The summed E-state index contributed by atoms with van der Waals surface area (Å²) in [5.74, 6) is -0.622. The first-order chi connectivity index (χ1) is 8.51. The second-order valence-electron chi connectivity index (χ2n) is 4.01. The van der Waals surface area contributed by atoms with Gasteiger partial charge in [-0.15, -0.1) is 11.3 Å². The maximum absolute atomic E-state index is 11.5. The quantitative estimate of drug-likeness (QED) is 0.784. The Morgan fingerprint density at radius 3 is 2.78 bits per heavy atom. The van der Waals surface area contributed by atoms with Crippen LogP contribution in [0.1, 0.15) is 18.5 Å². The Morgan fingerprint density at radius 2 is 2.17 bits per heavy atom. The van der Waals surface area contributed by atoms with Gasteiger partial charge in [0.2, 0.25) is 5.91 Å². The van der Waals surface area contributed by atoms with Gasteiger partial charge in [-0.25, -0.2) is 4.98 Å². The lowest BCUT2D eigenvalue weighted by Crippen LogP contribution is -2.14. The lowest BCUT2D eigenvalue weighted by Gasteiger charge is -2.05. The Labute approximate surface area is 110 Å². The van der Waals surface area contributed by atoms with Gasteiger partial charge in [0.15, 0.2) is 5.13 Å². The van der Waals surface area contributed by atoms with Gasteiger partial charge in [-0.05, 0) is 14.1 Å². The van der Waals surface area contributed by atoms with Gasteiger partial charge in [-0.2, -0.15) is 0 Å². The number of anilines is 1. The first-order valence-electron chi connectivity index (χ1n) is 5.47. The average molecular weight is 271 g/mol. The van der Waals surface area contributed by atoms with E-state index in [0.717, 1.165) is 12.2 Å². The van der Waals surface area contributed by atoms with Crippen molar-refractivity contribution < 1.29 is 14.3 Å². The largest absolute Gasteiger partial charge is 0.469 e. The van der Waals surface area contributed by atoms with Crippen molar-refractivity contribution in [2.75, 3.05) is 26.5 Å². The third kappa shape index (κ3) is 5.24. The molecule has 0 aliphatic carbocycles. The number of nitrogens with one attached hydrogen (secondary N) is 1. The minimum atomic E-state index is -0.391. The zero-order valence-electron chi connectivity index (χ0n) is 10.7. The first kappa shape index (κ1) is 14.6. The summed E-state index contributed by atoms with van der Waals surface area (Å²) in [7, 11) is 5.20. The van der Waals surface area contributed by atoms with E-state index in [4.69, 9.17) is 0 Å². The summed E-state index contributed by atoms with van der Waals surface area (Å²) in [6, 6.07) is 0. The molecule has 0 radical (unpaired) electrons. The summed E-state index contributed by atoms with van der Waals surface area (Å²) < 4.78 is 4.46. The van der Waals surface area contributed by atoms with E-state index in [1.54, 1.807) is 0 Å². The number of nitrogens with zero attached hydrogens (tertiary/aromatic N) is 2. The molecule has 0 aliphatic rings. The fourth-order valence-electron chi connectivity index (χ4n) is 1.26. The van der Waals surface area contributed by atoms with E-state index in [2.05, 4.69) is 15.0 Å². The summed E-state index contributed by atoms with van der Waals surface area (Å²) in [6.07, 6.45) is 0.188. The minimum absolute atomic E-state index is 0.0816. The highest BCUT2D eigenvalue weighted by Crippen LogP contribution is 2.16. The van der Waals surface area contributed by atoms with Crippen molar-refractivity contribution in [3.05, 3.63) is 11.1 Å². The van der Waals surface area contributed by atoms with Crippen LogP contribution < -0.4 is 5.32 Å². The lowest BCUT2D eigenvalue weighted by molar-refractivity contribution is -0.141. The highest BCUT2D eigenvalue weighted by atomic mass is 32.1. The number of esters is 1. The van der Waals surface area contributed by atoms with E-state index in [-0.39, 0.29) is 18.7 Å². The third-order valence-electron chi connectivity index (χ3n) is 2.06. The van der Waals surface area contributed by atoms with Gasteiger partial charge in [0.25, 0.3) is 0 Å². The number of hydrogen-bond acceptors (Lipinski definition) is 6. The Hall–Kier alpha value is -1.47. The second kappa shape index (κ2) is 7.07. The van der Waals surface area contributed by atoms with Crippen LogP contribution in [0.4, 0.5) is 5.13 Å². The number of carbonyl (C=O) groups excluding carboxylic acids is 2. The van der Waals surface area contributed by atoms with Crippen molar-refractivity contribution in [3.8, 4) is 0 Å². The molecule has 0 bridgehead atoms. The highest BCUT2D eigenvalue weighted by molar-refractivity contribution is 7.13. The molecule has 1 heterocycles. The molecule has 100 valence electrons. The summed E-state index contributed by atoms with van der Waals surface area (Å²) in [4.78, 5) is 28.6. The predicted octanol–water partition coefficient (Wildman–Crippen LogP) is 1.10. The van der Waals surface area contributed by atoms with Crippen LogP contribution in [0.2, 0.25) is 0 Å². The van der Waals surface area contributed by atoms with E-state index < -0.39 is 5.97 Å². The molecule has 0 aromatic carbocycles. The maximum Gasteiger partial charge on any atom is 0.306 e. The molecule has 0 saturated heterocycles. The SMILES string of the molecule is COC(=O)CCC(=O)Nc1nc(CN(C)C)cs1. The summed E-state index contributed by atoms with van der Waals surface area (Å²) in [6.45, 7) is 0.731. The van der Waals surface area contributed by atoms with E-state index >= 15 is 0 Å². The molecule has 0 unspecified atom stereocenters. The highest BCUT2D eigenvalue weighted by Gasteiger charge is 2.09. The fourth-order valence-corrected chi connectivity index (χ4v) is 1.98. The second-order valence-corrected chi connectivity index (χ2v) is 4.86. The van der Waals surface area contributed by atoms with Crippen molar-refractivity contribution >= 4 is 28.3 Å². The van der Waals surface area contributed by atoms with Crippen molar-refractivity contribution in [2.24, 2.45) is 0 Å². The Kier molecular flexibility index (Phi) is 5.73. The number of thiazole rings is 1. The van der Waals surface area contributed by atoms with Crippen LogP contribution in [-0.2, 0) is 20.9 Å². The van der Waals surface area contributed by atoms with Crippen LogP contribution in [0.15, 0.2) is 5.38 Å². The van der Waals surface area contributed by atoms with Crippen molar-refractivity contribution in [1.29, 1.82) is 0 Å². The van der Waals surface area contributed by atoms with E-state index in [1.807, 2.05) is 24.4 Å². The molecule has 0 fully saturated rings. The normalized spacial score (nSPS) is 10.4. The zero-order chi connectivity index (χ0) is 13.5. The third-order valence-corrected chi connectivity index (χ3v) is 2.87. The number of carbonyl (C=O) groups is 2. The van der Waals surface area contributed by atoms with Crippen molar-refractivity contribution in [3.63, 3.8) is 0 Å². The summed E-state index contributed by atoms with van der Waals surface area (Å²) in [5, 5.41) is 5.11. The lowest BCUT2D eigenvalue weighted by atomic mass is 10.3. The maximum atomic E-state index is 11.5. The summed E-state index contributed by atoms with van der Waals surface area (Å²) in [5.41, 5.74) is 0.910. The van der Waals surface area contributed by atoms with Gasteiger partial charge in [0, 0.05) is 18.3 Å². The van der Waals surface area contributed by atoms with E-state index in [9.17, 15) is 9.59 Å². The van der Waals surface area contributed by atoms with Crippen LogP contribution >= 0.6 is 11.3 Å². The fraction of sp³-hybridized carbons (Fsp3) is 0.545. The molecule has 7 heteroatoms. The van der Waals surface area contributed by atoms with Gasteiger partial charge in [-0.3, -0.25) is 9.59 Å². The molecule has 0 aliphatic heterocycles. The molecule has 18 heavy (non-hydrogen) atoms. The number of hydrogen-bond donors (Lipinski definition) is 1. The van der Waals surface area contributed by atoms with Gasteiger partial charge in [0.1, 0.15) is 0 Å². The standard InChI is InChI=1S/C11H17N3O3S/c1-14(2)6-8-7-18-11(12-8)13-9(15)4-5-10(16)17-3/h7H,4-6H2,1-3H3,(H,12,13,15). The van der Waals surface area contributed by atoms with Crippen LogP contribution in [0.3, 0.4) is 0 Å². The molecule has 1 N–H and O–H groups in total. The average Bonchev–Trinajstić information content (AvgIpc) is 2.72. The summed E-state index contributed by atoms with van der Waals surface area (Å²) >= 11 is 1.37. The topological polar surface area (TPSA) is 71.5 Å². The first-order valence-corrected chi connectivity index (χ1v) is 6.35. The number of rotatable bonds is 6. The number of aromatic nitrogens is 1. The van der Waals surface area contributed by atoms with Gasteiger partial charge in [0.05, 0.1) is 19.2 Å². The molecule has 1 rings (SSSR count). The molecular formula is C11H17N3O3S. The van der Waals surface area contributed by atoms with Crippen LogP contribution in [-0.4, -0.2) is 43.0 Å². The zero-order valence-corrected chi connectivity index (χ0v) is 11.5. The molecule has 0 spiro atoms. The van der Waals surface area contributed by atoms with Crippen molar-refractivity contribution in [1.82, 2.24) is 9.88 Å². The van der Waals surface area contributed by atoms with Crippen LogP contribution in [0.5, 0.6) is 0 Å². The van der Waals surface area contributed by atoms with Crippen LogP contribution in [0, 0.1) is 0 Å². The van der Waals surface area contributed by atoms with Gasteiger partial charge >= 0.3 is 5.97 Å². The van der Waals surface area contributed by atoms with Gasteiger partial charge in [-0.1, -0.05) is 0 Å². The van der Waals surface area contributed by atoms with Gasteiger partial charge < -0.3 is 15.0 Å². The molecule has 0 saturated carbocycles. The molecule has 1 amide bonds. The smallest absolute Gasteiger partial charge is 0.306 e. The molecular weight excluding hydrogens is 254 g/mol. The van der Waals surface area contributed by atoms with Crippen LogP contribution in [0.25, 0.3) is 0 Å². The Balaban J connectivity index is 2.40. The molecule has 1 aromatic rings.